The number of rotatable bonds is 2. The number of nitrogens with one attached hydrogen (secondary N) is 1. The number of H-pyrrole nitrogens is 1. The van der Waals surface area contributed by atoms with Crippen molar-refractivity contribution in [3.63, 3.8) is 0 Å². The molecule has 0 radical (unpaired) electrons. The van der Waals surface area contributed by atoms with Crippen LogP contribution in [-0.4, -0.2) is 17.9 Å². The number of fused-ring (bicyclic) bond motifs is 1. The van der Waals surface area contributed by atoms with Gasteiger partial charge in [0, 0.05) is 17.1 Å². The molecule has 0 saturated heterocycles. The maximum absolute atomic E-state index is 10.7. The lowest BCUT2D eigenvalue weighted by atomic mass is 10.2. The minimum atomic E-state index is -4.87. The third kappa shape index (κ3) is 1.70. The van der Waals surface area contributed by atoms with Crippen LogP contribution in [0.2, 0.25) is 1.41 Å². The Labute approximate surface area is 86.0 Å². The van der Waals surface area contributed by atoms with Crippen LogP contribution in [0.25, 0.3) is 10.9 Å². The summed E-state index contributed by atoms with van der Waals surface area (Å²) in [4.78, 5) is 0.549. The fourth-order valence-electron chi connectivity index (χ4n) is 0.981. The van der Waals surface area contributed by atoms with Gasteiger partial charge in [0.2, 0.25) is 0 Å². The number of aromatic amines is 1. The van der Waals surface area contributed by atoms with Crippen LogP contribution in [0.15, 0.2) is 30.4 Å². The summed E-state index contributed by atoms with van der Waals surface area (Å²) in [7, 11) is -4.87. The number of para-hydroxylation sites is 1. The molecule has 2 aromatic rings. The third-order valence-corrected chi connectivity index (χ3v) is 1.85. The number of hydrogen-bond acceptors (Lipinski definition) is 3. The van der Waals surface area contributed by atoms with Gasteiger partial charge in [-0.1, -0.05) is 12.1 Å². The molecule has 0 aliphatic rings. The minimum absolute atomic E-state index is 0.0413. The van der Waals surface area contributed by atoms with Crippen molar-refractivity contribution in [1.29, 1.82) is 0 Å². The van der Waals surface area contributed by atoms with Crippen molar-refractivity contribution >= 4 is 21.3 Å². The molecular formula is C8H7NO4S. The van der Waals surface area contributed by atoms with Gasteiger partial charge in [-0.3, -0.25) is 4.55 Å². The summed E-state index contributed by atoms with van der Waals surface area (Å²) >= 11 is 0. The van der Waals surface area contributed by atoms with Crippen LogP contribution in [0.5, 0.6) is 5.75 Å². The van der Waals surface area contributed by atoms with E-state index in [-0.39, 0.29) is 23.0 Å². The van der Waals surface area contributed by atoms with E-state index >= 15 is 0 Å². The molecule has 0 aliphatic carbocycles. The van der Waals surface area contributed by atoms with E-state index < -0.39 is 22.3 Å². The zero-order chi connectivity index (χ0) is 13.7. The molecule has 0 atom stereocenters. The quantitative estimate of drug-likeness (QED) is 0.744. The number of benzene rings is 1. The van der Waals surface area contributed by atoms with Gasteiger partial charge >= 0.3 is 10.4 Å². The van der Waals surface area contributed by atoms with Crippen molar-refractivity contribution in [3.05, 3.63) is 30.4 Å². The molecule has 2 rings (SSSR count). The molecule has 5 nitrogen and oxygen atoms in total. The van der Waals surface area contributed by atoms with E-state index in [1.807, 2.05) is 0 Å². The standard InChI is InChI=1S/C8H7NO4S/c10-14(11,12)13-8-5-9-7-4-2-1-3-6(7)8/h1-5,9H,(H,10,11,12)/i1D,3D,5D/hD. The number of aromatic nitrogens is 1. The van der Waals surface area contributed by atoms with Crippen LogP contribution in [0.4, 0.5) is 0 Å². The van der Waals surface area contributed by atoms with Crippen molar-refractivity contribution in [1.82, 2.24) is 4.98 Å². The van der Waals surface area contributed by atoms with Crippen LogP contribution in [0, 0.1) is 0 Å². The fraction of sp³-hybridized carbons (Fsp3) is 0. The molecule has 0 fully saturated rings. The first-order valence-corrected chi connectivity index (χ1v) is 4.86. The summed E-state index contributed by atoms with van der Waals surface area (Å²) in [6.45, 7) is 0. The molecule has 6 heteroatoms. The number of hydrogen-bond donors (Lipinski definition) is 2. The van der Waals surface area contributed by atoms with E-state index in [2.05, 4.69) is 4.18 Å². The second-order valence-electron chi connectivity index (χ2n) is 2.43. The molecular weight excluding hydrogens is 206 g/mol. The largest absolute Gasteiger partial charge is 0.446 e. The van der Waals surface area contributed by atoms with Crippen LogP contribution in [0.3, 0.4) is 0 Å². The molecule has 0 unspecified atom stereocenters. The first-order chi connectivity index (χ1) is 8.22. The maximum Gasteiger partial charge on any atom is 0.446 e. The molecule has 1 heterocycles. The van der Waals surface area contributed by atoms with Gasteiger partial charge in [0.25, 0.3) is 0 Å². The highest BCUT2D eigenvalue weighted by Gasteiger charge is 2.11. The average molecular weight is 217 g/mol. The molecule has 0 aliphatic heterocycles. The molecule has 14 heavy (non-hydrogen) atoms. The van der Waals surface area contributed by atoms with Gasteiger partial charge in [0.05, 0.1) is 4.11 Å². The molecule has 1 aromatic heterocycles. The molecule has 0 bridgehead atoms. The topological polar surface area (TPSA) is 79.4 Å². The van der Waals surface area contributed by atoms with Gasteiger partial charge in [-0.25, -0.2) is 0 Å². The smallest absolute Gasteiger partial charge is 0.360 e. The van der Waals surface area contributed by atoms with Gasteiger partial charge in [-0.15, -0.1) is 0 Å². The Morgan fingerprint density at radius 3 is 3.14 bits per heavy atom. The highest BCUT2D eigenvalue weighted by atomic mass is 32.3. The third-order valence-electron chi connectivity index (χ3n) is 1.47. The summed E-state index contributed by atoms with van der Waals surface area (Å²) in [5.41, 5.74) is 0.0413. The van der Waals surface area contributed by atoms with Gasteiger partial charge in [0.15, 0.2) is 7.16 Å². The predicted octanol–water partition coefficient (Wildman–Crippen LogP) is 1.35. The van der Waals surface area contributed by atoms with Gasteiger partial charge in [-0.05, 0) is 12.1 Å². The Balaban J connectivity index is 2.87. The molecule has 74 valence electrons. The van der Waals surface area contributed by atoms with Crippen LogP contribution in [-0.2, 0) is 10.4 Å². The fourth-order valence-corrected chi connectivity index (χ4v) is 1.31. The monoisotopic (exact) mass is 217 g/mol. The van der Waals surface area contributed by atoms with Crippen molar-refractivity contribution in [2.75, 3.05) is 0 Å². The van der Waals surface area contributed by atoms with E-state index in [0.29, 0.717) is 4.98 Å². The molecule has 0 spiro atoms. The van der Waals surface area contributed by atoms with Crippen molar-refractivity contribution in [2.24, 2.45) is 0 Å². The van der Waals surface area contributed by atoms with Crippen LogP contribution >= 0.6 is 0 Å². The molecule has 2 N–H and O–H groups in total. The van der Waals surface area contributed by atoms with Crippen molar-refractivity contribution in [2.45, 2.75) is 0 Å². The van der Waals surface area contributed by atoms with Crippen molar-refractivity contribution in [3.8, 4) is 5.75 Å². The predicted molar refractivity (Wildman–Crippen MR) is 50.5 cm³/mol. The average Bonchev–Trinajstić information content (AvgIpc) is 2.47. The zero-order valence-corrected chi connectivity index (χ0v) is 7.50. The summed E-state index contributed by atoms with van der Waals surface area (Å²) in [5.74, 6) is -0.637. The van der Waals surface area contributed by atoms with Gasteiger partial charge < -0.3 is 9.16 Å². The summed E-state index contributed by atoms with van der Waals surface area (Å²) in [5, 5.41) is -0.180. The normalized spacial score (nSPS) is 15.8. The minimum Gasteiger partial charge on any atom is -0.360 e. The maximum atomic E-state index is 10.7. The Morgan fingerprint density at radius 2 is 2.43 bits per heavy atom. The lowest BCUT2D eigenvalue weighted by Crippen LogP contribution is -2.05. The Kier molecular flexibility index (Phi) is 1.15. The summed E-state index contributed by atoms with van der Waals surface area (Å²) in [6, 6.07) is 1.93. The SMILES string of the molecule is [2H]c1ccc2c(c1[2H])c(OS(=O)(=O)O)c([2H])n2[2H]. The second kappa shape index (κ2) is 3.00. The first kappa shape index (κ1) is 5.38. The lowest BCUT2D eigenvalue weighted by Gasteiger charge is -1.97. The lowest BCUT2D eigenvalue weighted by molar-refractivity contribution is 0.388. The van der Waals surface area contributed by atoms with Crippen LogP contribution in [0.1, 0.15) is 4.11 Å². The molecule has 0 saturated carbocycles. The Hall–Kier alpha value is -1.53. The summed E-state index contributed by atoms with van der Waals surface area (Å²) in [6.07, 6.45) is -0.637. The van der Waals surface area contributed by atoms with Gasteiger partial charge in [0.1, 0.15) is 0 Å². The zero-order valence-electron chi connectivity index (χ0n) is 10.7. The molecule has 1 aromatic carbocycles. The molecule has 0 amide bonds. The van der Waals surface area contributed by atoms with E-state index in [1.165, 1.54) is 12.1 Å². The summed E-state index contributed by atoms with van der Waals surface area (Å²) < 4.78 is 64.2. The first-order valence-electron chi connectivity index (χ1n) is 5.44. The second-order valence-corrected chi connectivity index (χ2v) is 3.45. The van der Waals surface area contributed by atoms with E-state index in [1.54, 1.807) is 0 Å². The van der Waals surface area contributed by atoms with E-state index in [4.69, 9.17) is 10.1 Å². The Bertz CT molecular complexity index is 739. The van der Waals surface area contributed by atoms with Crippen LogP contribution < -0.4 is 4.18 Å². The highest BCUT2D eigenvalue weighted by molar-refractivity contribution is 7.81. The van der Waals surface area contributed by atoms with Crippen molar-refractivity contribution < 1.29 is 22.7 Å². The highest BCUT2D eigenvalue weighted by Crippen LogP contribution is 2.25. The van der Waals surface area contributed by atoms with E-state index in [0.717, 1.165) is 0 Å². The van der Waals surface area contributed by atoms with Gasteiger partial charge in [-0.2, -0.15) is 8.42 Å². The van der Waals surface area contributed by atoms with E-state index in [9.17, 15) is 8.42 Å². The Morgan fingerprint density at radius 1 is 1.64 bits per heavy atom.